The Labute approximate surface area is 151 Å². The molecule has 0 radical (unpaired) electrons. The van der Waals surface area contributed by atoms with Crippen LogP contribution in [0.25, 0.3) is 0 Å². The summed E-state index contributed by atoms with van der Waals surface area (Å²) in [6.07, 6.45) is 5.96. The Bertz CT molecular complexity index is 728. The van der Waals surface area contributed by atoms with Crippen molar-refractivity contribution in [1.29, 1.82) is 0 Å². The molecule has 8 heteroatoms. The van der Waals surface area contributed by atoms with E-state index < -0.39 is 17.5 Å². The molecule has 0 fully saturated rings. The first kappa shape index (κ1) is 19.4. The number of esters is 1. The first-order valence-corrected chi connectivity index (χ1v) is 8.46. The lowest BCUT2D eigenvalue weighted by Gasteiger charge is -2.26. The average molecular weight is 362 g/mol. The van der Waals surface area contributed by atoms with Crippen LogP contribution in [0.15, 0.2) is 30.0 Å². The van der Waals surface area contributed by atoms with Crippen molar-refractivity contribution < 1.29 is 24.0 Å². The van der Waals surface area contributed by atoms with Gasteiger partial charge in [-0.2, -0.15) is 0 Å². The second-order valence-electron chi connectivity index (χ2n) is 5.80. The van der Waals surface area contributed by atoms with Crippen molar-refractivity contribution >= 4 is 17.6 Å². The van der Waals surface area contributed by atoms with Crippen LogP contribution in [0.1, 0.15) is 43.0 Å². The molecule has 0 atom stereocenters. The number of amides is 1. The predicted molar refractivity (Wildman–Crippen MR) is 93.9 cm³/mol. The van der Waals surface area contributed by atoms with Gasteiger partial charge in [-0.05, 0) is 44.7 Å². The van der Waals surface area contributed by atoms with Crippen LogP contribution in [0.3, 0.4) is 0 Å². The zero-order chi connectivity index (χ0) is 19.1. The summed E-state index contributed by atoms with van der Waals surface area (Å²) in [7, 11) is 1.30. The van der Waals surface area contributed by atoms with Crippen LogP contribution in [0.4, 0.5) is 5.69 Å². The summed E-state index contributed by atoms with van der Waals surface area (Å²) in [5, 5.41) is 11.0. The number of hydrogen-bond donors (Lipinski definition) is 0. The molecule has 1 aliphatic rings. The third kappa shape index (κ3) is 4.59. The van der Waals surface area contributed by atoms with E-state index in [4.69, 9.17) is 9.47 Å². The first-order chi connectivity index (χ1) is 12.5. The minimum absolute atomic E-state index is 0.00905. The smallest absolute Gasteiger partial charge is 0.338 e. The molecule has 0 spiro atoms. The van der Waals surface area contributed by atoms with Gasteiger partial charge in [0.15, 0.2) is 12.4 Å². The third-order valence-corrected chi connectivity index (χ3v) is 4.17. The molecule has 2 rings (SSSR count). The lowest BCUT2D eigenvalue weighted by molar-refractivity contribution is -0.385. The van der Waals surface area contributed by atoms with Gasteiger partial charge in [0.2, 0.25) is 0 Å². The quantitative estimate of drug-likeness (QED) is 0.420. The van der Waals surface area contributed by atoms with Crippen LogP contribution >= 0.6 is 0 Å². The summed E-state index contributed by atoms with van der Waals surface area (Å²) in [5.74, 6) is -1.06. The fourth-order valence-electron chi connectivity index (χ4n) is 2.85. The van der Waals surface area contributed by atoms with Crippen molar-refractivity contribution in [3.63, 3.8) is 0 Å². The third-order valence-electron chi connectivity index (χ3n) is 4.17. The van der Waals surface area contributed by atoms with E-state index in [1.165, 1.54) is 19.2 Å². The molecule has 0 saturated carbocycles. The Hall–Kier alpha value is -2.90. The Morgan fingerprint density at radius 3 is 2.65 bits per heavy atom. The van der Waals surface area contributed by atoms with Crippen molar-refractivity contribution in [2.45, 2.75) is 32.6 Å². The van der Waals surface area contributed by atoms with Crippen LogP contribution < -0.4 is 4.74 Å². The number of methoxy groups -OCH3 is 1. The number of carbonyl (C=O) groups is 2. The highest BCUT2D eigenvalue weighted by Gasteiger charge is 2.22. The normalized spacial score (nSPS) is 13.5. The molecule has 140 valence electrons. The number of nitro groups is 1. The van der Waals surface area contributed by atoms with Crippen LogP contribution in [0, 0.1) is 10.1 Å². The molecule has 26 heavy (non-hydrogen) atoms. The van der Waals surface area contributed by atoms with Crippen molar-refractivity contribution in [3.8, 4) is 5.75 Å². The summed E-state index contributed by atoms with van der Waals surface area (Å²) in [6, 6.07) is 3.76. The molecule has 0 N–H and O–H groups in total. The maximum absolute atomic E-state index is 12.4. The topological polar surface area (TPSA) is 99.0 Å². The van der Waals surface area contributed by atoms with E-state index in [0.717, 1.165) is 37.4 Å². The number of ether oxygens (including phenoxy) is 2. The van der Waals surface area contributed by atoms with Crippen LogP contribution in [-0.2, 0) is 9.53 Å². The van der Waals surface area contributed by atoms with E-state index >= 15 is 0 Å². The predicted octanol–water partition coefficient (Wildman–Crippen LogP) is 3.07. The Morgan fingerprint density at radius 2 is 2.08 bits per heavy atom. The van der Waals surface area contributed by atoms with Crippen molar-refractivity contribution in [2.75, 3.05) is 20.3 Å². The number of benzene rings is 1. The average Bonchev–Trinajstić information content (AvgIpc) is 2.66. The van der Waals surface area contributed by atoms with E-state index in [1.54, 1.807) is 4.90 Å². The van der Waals surface area contributed by atoms with Crippen molar-refractivity contribution in [1.82, 2.24) is 4.90 Å². The number of nitro benzene ring substituents is 1. The zero-order valence-corrected chi connectivity index (χ0v) is 14.9. The monoisotopic (exact) mass is 362 g/mol. The molecule has 1 aromatic rings. The van der Waals surface area contributed by atoms with Crippen molar-refractivity contribution in [2.24, 2.45) is 0 Å². The number of nitrogens with zero attached hydrogens (tertiary/aromatic N) is 2. The summed E-state index contributed by atoms with van der Waals surface area (Å²) >= 11 is 0. The minimum Gasteiger partial charge on any atom is -0.490 e. The molecule has 8 nitrogen and oxygen atoms in total. The lowest BCUT2D eigenvalue weighted by Crippen LogP contribution is -2.34. The molecule has 1 amide bonds. The van der Waals surface area contributed by atoms with E-state index in [9.17, 15) is 19.7 Å². The second kappa shape index (κ2) is 8.98. The zero-order valence-electron chi connectivity index (χ0n) is 14.9. The highest BCUT2D eigenvalue weighted by Crippen LogP contribution is 2.28. The van der Waals surface area contributed by atoms with Crippen LogP contribution in [0.5, 0.6) is 5.75 Å². The van der Waals surface area contributed by atoms with Crippen LogP contribution in [0.2, 0.25) is 0 Å². The SMILES string of the molecule is CCN(C(=O)COC(=O)c1ccc(OC)c([N+](=O)[O-])c1)C1=CCCCC1. The molecular weight excluding hydrogens is 340 g/mol. The second-order valence-corrected chi connectivity index (χ2v) is 5.80. The molecule has 0 saturated heterocycles. The molecule has 0 heterocycles. The van der Waals surface area contributed by atoms with Gasteiger partial charge in [-0.15, -0.1) is 0 Å². The number of allylic oxidation sites excluding steroid dienone is 2. The summed E-state index contributed by atoms with van der Waals surface area (Å²) in [6.45, 7) is 1.95. The number of likely N-dealkylation sites (N-methyl/N-ethyl adjacent to an activating group) is 1. The molecule has 0 aromatic heterocycles. The van der Waals surface area contributed by atoms with Gasteiger partial charge in [-0.1, -0.05) is 6.08 Å². The van der Waals surface area contributed by atoms with Gasteiger partial charge in [0.25, 0.3) is 5.91 Å². The van der Waals surface area contributed by atoms with E-state index in [2.05, 4.69) is 0 Å². The fourth-order valence-corrected chi connectivity index (χ4v) is 2.85. The molecule has 1 aliphatic carbocycles. The van der Waals surface area contributed by atoms with E-state index in [-0.39, 0.29) is 22.9 Å². The van der Waals surface area contributed by atoms with Gasteiger partial charge in [0.05, 0.1) is 17.6 Å². The Balaban J connectivity index is 2.03. The molecule has 0 bridgehead atoms. The van der Waals surface area contributed by atoms with Gasteiger partial charge in [0.1, 0.15) is 0 Å². The first-order valence-electron chi connectivity index (χ1n) is 8.46. The lowest BCUT2D eigenvalue weighted by atomic mass is 10.0. The van der Waals surface area contributed by atoms with Crippen LogP contribution in [-0.4, -0.2) is 42.0 Å². The molecule has 0 unspecified atom stereocenters. The highest BCUT2D eigenvalue weighted by molar-refractivity contribution is 5.92. The maximum Gasteiger partial charge on any atom is 0.338 e. The number of hydrogen-bond acceptors (Lipinski definition) is 6. The number of rotatable bonds is 7. The van der Waals surface area contributed by atoms with Gasteiger partial charge in [-0.25, -0.2) is 4.79 Å². The maximum atomic E-state index is 12.4. The van der Waals surface area contributed by atoms with Gasteiger partial charge in [-0.3, -0.25) is 14.9 Å². The minimum atomic E-state index is -0.794. The number of carbonyl (C=O) groups excluding carboxylic acids is 2. The van der Waals surface area contributed by atoms with E-state index in [1.807, 2.05) is 13.0 Å². The Morgan fingerprint density at radius 1 is 1.31 bits per heavy atom. The summed E-state index contributed by atoms with van der Waals surface area (Å²) < 4.78 is 9.94. The standard InChI is InChI=1S/C18H22N2O6/c1-3-19(14-7-5-4-6-8-14)17(21)12-26-18(22)13-9-10-16(25-2)15(11-13)20(23)24/h7,9-11H,3-6,8,12H2,1-2H3. The largest absolute Gasteiger partial charge is 0.490 e. The highest BCUT2D eigenvalue weighted by atomic mass is 16.6. The van der Waals surface area contributed by atoms with E-state index in [0.29, 0.717) is 6.54 Å². The summed E-state index contributed by atoms with van der Waals surface area (Å²) in [5.41, 5.74) is 0.612. The van der Waals surface area contributed by atoms with Crippen molar-refractivity contribution in [3.05, 3.63) is 45.6 Å². The summed E-state index contributed by atoms with van der Waals surface area (Å²) in [4.78, 5) is 36.5. The van der Waals surface area contributed by atoms with Gasteiger partial charge in [0, 0.05) is 18.3 Å². The molecule has 0 aliphatic heterocycles. The Kier molecular flexibility index (Phi) is 6.71. The molecule has 1 aromatic carbocycles. The van der Waals surface area contributed by atoms with Gasteiger partial charge < -0.3 is 14.4 Å². The fraction of sp³-hybridized carbons (Fsp3) is 0.444. The molecular formula is C18H22N2O6. The van der Waals surface area contributed by atoms with Gasteiger partial charge >= 0.3 is 11.7 Å².